The van der Waals surface area contributed by atoms with E-state index in [0.29, 0.717) is 22.2 Å². The molecule has 2 aromatic rings. The Kier molecular flexibility index (Phi) is 3.50. The molecule has 6 nitrogen and oxygen atoms in total. The Morgan fingerprint density at radius 1 is 1.33 bits per heavy atom. The molecule has 0 fully saturated rings. The van der Waals surface area contributed by atoms with Crippen molar-refractivity contribution >= 4 is 22.4 Å². The van der Waals surface area contributed by atoms with E-state index in [9.17, 15) is 0 Å². The number of pyridine rings is 1. The highest BCUT2D eigenvalue weighted by Crippen LogP contribution is 2.25. The summed E-state index contributed by atoms with van der Waals surface area (Å²) in [7, 11) is 0. The molecule has 0 aliphatic carbocycles. The molecule has 0 atom stereocenters. The van der Waals surface area contributed by atoms with Crippen LogP contribution in [0.4, 0.5) is 5.13 Å². The Labute approximate surface area is 108 Å². The van der Waals surface area contributed by atoms with Crippen LogP contribution >= 0.6 is 11.3 Å². The molecular weight excluding hydrogens is 248 g/mol. The smallest absolute Gasteiger partial charge is 0.212 e. The first-order valence-corrected chi connectivity index (χ1v) is 5.95. The number of aliphatic imine (C=N–C) groups is 1. The summed E-state index contributed by atoms with van der Waals surface area (Å²) in [6, 6.07) is 7.53. The molecule has 7 heteroatoms. The first-order valence-electron chi connectivity index (χ1n) is 5.07. The minimum Gasteiger partial charge on any atom is -0.370 e. The second-order valence-electron chi connectivity index (χ2n) is 3.40. The van der Waals surface area contributed by atoms with Gasteiger partial charge in [-0.05, 0) is 12.1 Å². The highest BCUT2D eigenvalue weighted by Gasteiger charge is 2.06. The Balaban J connectivity index is 2.31. The second kappa shape index (κ2) is 5.25. The fourth-order valence-corrected chi connectivity index (χ4v) is 2.05. The number of hydrogen-bond acceptors (Lipinski definition) is 5. The van der Waals surface area contributed by atoms with Crippen LogP contribution in [0.3, 0.4) is 0 Å². The highest BCUT2D eigenvalue weighted by molar-refractivity contribution is 7.13. The number of nitriles is 1. The fourth-order valence-electron chi connectivity index (χ4n) is 1.35. The Bertz CT molecular complexity index is 620. The van der Waals surface area contributed by atoms with Crippen molar-refractivity contribution in [3.63, 3.8) is 0 Å². The first kappa shape index (κ1) is 12.0. The summed E-state index contributed by atoms with van der Waals surface area (Å²) in [6.45, 7) is 0. The molecule has 0 saturated heterocycles. The molecule has 0 amide bonds. The molecule has 0 aromatic carbocycles. The van der Waals surface area contributed by atoms with E-state index in [2.05, 4.69) is 21.0 Å². The molecule has 0 saturated carbocycles. The van der Waals surface area contributed by atoms with E-state index < -0.39 is 0 Å². The molecule has 90 valence electrons. The lowest BCUT2D eigenvalue weighted by Crippen LogP contribution is -2.21. The summed E-state index contributed by atoms with van der Waals surface area (Å²) in [6.07, 6.45) is 0.277. The van der Waals surface area contributed by atoms with Gasteiger partial charge >= 0.3 is 0 Å². The largest absolute Gasteiger partial charge is 0.370 e. The number of hydrogen-bond donors (Lipinski definition) is 2. The third kappa shape index (κ3) is 2.81. The predicted molar refractivity (Wildman–Crippen MR) is 70.1 cm³/mol. The van der Waals surface area contributed by atoms with E-state index >= 15 is 0 Å². The van der Waals surface area contributed by atoms with Crippen LogP contribution in [0.15, 0.2) is 28.6 Å². The molecule has 0 unspecified atom stereocenters. The summed E-state index contributed by atoms with van der Waals surface area (Å²) in [5.74, 6) is -0.0258. The second-order valence-corrected chi connectivity index (χ2v) is 4.24. The Hall–Kier alpha value is -2.46. The van der Waals surface area contributed by atoms with Gasteiger partial charge in [-0.2, -0.15) is 10.3 Å². The van der Waals surface area contributed by atoms with Crippen LogP contribution in [0.1, 0.15) is 5.69 Å². The number of nitrogens with two attached hydrogens (primary N) is 2. The van der Waals surface area contributed by atoms with Crippen LogP contribution in [-0.2, 0) is 6.42 Å². The van der Waals surface area contributed by atoms with Crippen LogP contribution in [0.5, 0.6) is 0 Å². The molecular formula is C11H10N6S. The van der Waals surface area contributed by atoms with E-state index in [1.807, 2.05) is 17.5 Å². The minimum atomic E-state index is -0.0258. The van der Waals surface area contributed by atoms with E-state index in [4.69, 9.17) is 16.7 Å². The van der Waals surface area contributed by atoms with Crippen LogP contribution in [0, 0.1) is 11.3 Å². The van der Waals surface area contributed by atoms with Crippen molar-refractivity contribution in [2.45, 2.75) is 6.42 Å². The van der Waals surface area contributed by atoms with Gasteiger partial charge in [-0.3, -0.25) is 4.98 Å². The van der Waals surface area contributed by atoms with Crippen molar-refractivity contribution in [2.75, 3.05) is 0 Å². The van der Waals surface area contributed by atoms with E-state index in [-0.39, 0.29) is 12.4 Å². The first-order chi connectivity index (χ1) is 8.69. The quantitative estimate of drug-likeness (QED) is 0.633. The molecule has 0 spiro atoms. The summed E-state index contributed by atoms with van der Waals surface area (Å²) >= 11 is 1.33. The van der Waals surface area contributed by atoms with Gasteiger partial charge in [0.2, 0.25) is 5.13 Å². The van der Waals surface area contributed by atoms with Crippen molar-refractivity contribution in [3.05, 3.63) is 29.3 Å². The van der Waals surface area contributed by atoms with E-state index in [1.165, 1.54) is 11.3 Å². The van der Waals surface area contributed by atoms with Gasteiger partial charge in [-0.15, -0.1) is 11.3 Å². The van der Waals surface area contributed by atoms with Crippen LogP contribution < -0.4 is 11.5 Å². The standard InChI is InChI=1S/C11H10N6S/c12-5-4-7-2-1-3-8(15-7)9-6-18-11(16-9)17-10(13)14/h1-3,6H,4H2,(H4,13,14,16,17). The number of thiazole rings is 1. The van der Waals surface area contributed by atoms with Crippen molar-refractivity contribution in [1.82, 2.24) is 9.97 Å². The molecule has 0 radical (unpaired) electrons. The normalized spacial score (nSPS) is 9.72. The van der Waals surface area contributed by atoms with Gasteiger partial charge in [-0.1, -0.05) is 6.07 Å². The lowest BCUT2D eigenvalue weighted by molar-refractivity contribution is 1.11. The average molecular weight is 258 g/mol. The molecule has 0 aliphatic heterocycles. The van der Waals surface area contributed by atoms with Gasteiger partial charge in [-0.25, -0.2) is 4.98 Å². The van der Waals surface area contributed by atoms with Crippen LogP contribution in [0.2, 0.25) is 0 Å². The summed E-state index contributed by atoms with van der Waals surface area (Å²) in [5.41, 5.74) is 12.7. The maximum absolute atomic E-state index is 8.64. The lowest BCUT2D eigenvalue weighted by atomic mass is 10.2. The predicted octanol–water partition coefficient (Wildman–Crippen LogP) is 1.18. The van der Waals surface area contributed by atoms with Crippen molar-refractivity contribution in [1.29, 1.82) is 5.26 Å². The molecule has 2 heterocycles. The highest BCUT2D eigenvalue weighted by atomic mass is 32.1. The van der Waals surface area contributed by atoms with Crippen molar-refractivity contribution in [3.8, 4) is 17.5 Å². The minimum absolute atomic E-state index is 0.0258. The van der Waals surface area contributed by atoms with Gasteiger partial charge in [0.15, 0.2) is 5.96 Å². The Morgan fingerprint density at radius 3 is 2.89 bits per heavy atom. The van der Waals surface area contributed by atoms with Crippen LogP contribution in [0.25, 0.3) is 11.4 Å². The topological polar surface area (TPSA) is 114 Å². The summed E-state index contributed by atoms with van der Waals surface area (Å²) < 4.78 is 0. The molecule has 0 aliphatic rings. The van der Waals surface area contributed by atoms with Gasteiger partial charge in [0.05, 0.1) is 23.9 Å². The fraction of sp³-hybridized carbons (Fsp3) is 0.0909. The number of nitrogens with zero attached hydrogens (tertiary/aromatic N) is 4. The maximum atomic E-state index is 8.64. The van der Waals surface area contributed by atoms with Crippen molar-refractivity contribution in [2.24, 2.45) is 16.5 Å². The third-order valence-electron chi connectivity index (χ3n) is 2.05. The lowest BCUT2D eigenvalue weighted by Gasteiger charge is -1.98. The van der Waals surface area contributed by atoms with Gasteiger partial charge < -0.3 is 11.5 Å². The summed E-state index contributed by atoms with van der Waals surface area (Å²) in [4.78, 5) is 12.4. The monoisotopic (exact) mass is 258 g/mol. The third-order valence-corrected chi connectivity index (χ3v) is 2.78. The SMILES string of the molecule is N#CCc1cccc(-c2csc(N=C(N)N)n2)n1. The summed E-state index contributed by atoms with van der Waals surface area (Å²) in [5, 5.41) is 10.9. The molecule has 2 aromatic heterocycles. The zero-order valence-electron chi connectivity index (χ0n) is 9.37. The van der Waals surface area contributed by atoms with E-state index in [0.717, 1.165) is 0 Å². The number of guanidine groups is 1. The van der Waals surface area contributed by atoms with Gasteiger partial charge in [0.1, 0.15) is 5.69 Å². The van der Waals surface area contributed by atoms with Gasteiger partial charge in [0.25, 0.3) is 0 Å². The molecule has 0 bridgehead atoms. The zero-order chi connectivity index (χ0) is 13.0. The molecule has 4 N–H and O–H groups in total. The average Bonchev–Trinajstić information content (AvgIpc) is 2.77. The number of aromatic nitrogens is 2. The van der Waals surface area contributed by atoms with Gasteiger partial charge in [0, 0.05) is 5.38 Å². The van der Waals surface area contributed by atoms with E-state index in [1.54, 1.807) is 6.07 Å². The molecule has 2 rings (SSSR count). The maximum Gasteiger partial charge on any atom is 0.212 e. The Morgan fingerprint density at radius 2 is 2.17 bits per heavy atom. The zero-order valence-corrected chi connectivity index (χ0v) is 10.2. The van der Waals surface area contributed by atoms with Crippen LogP contribution in [-0.4, -0.2) is 15.9 Å². The number of rotatable bonds is 3. The molecule has 18 heavy (non-hydrogen) atoms. The van der Waals surface area contributed by atoms with Crippen molar-refractivity contribution < 1.29 is 0 Å².